The normalized spacial score (nSPS) is 14.3. The van der Waals surface area contributed by atoms with Crippen molar-refractivity contribution in [1.82, 2.24) is 4.90 Å². The number of phenols is 2. The molecule has 15 nitrogen and oxygen atoms in total. The number of amides is 1. The third-order valence-corrected chi connectivity index (χ3v) is 13.4. The van der Waals surface area contributed by atoms with Gasteiger partial charge in [0.1, 0.15) is 40.4 Å². The van der Waals surface area contributed by atoms with Gasteiger partial charge in [0.2, 0.25) is 0 Å². The number of nitrogens with zero attached hydrogens (tertiary/aromatic N) is 1. The molecular weight excluding hydrogens is 1280 g/mol. The number of hydrogen-bond donors (Lipinski definition) is 5. The number of aromatic hydroxyl groups is 2. The summed E-state index contributed by atoms with van der Waals surface area (Å²) in [4.78, 5) is 55.1. The lowest BCUT2D eigenvalue weighted by atomic mass is 9.77. The number of hydrogen-bond acceptors (Lipinski definition) is 13. The van der Waals surface area contributed by atoms with Crippen LogP contribution < -0.4 is 25.7 Å². The van der Waals surface area contributed by atoms with E-state index in [4.69, 9.17) is 35.2 Å². The first-order valence-corrected chi connectivity index (χ1v) is 23.8. The van der Waals surface area contributed by atoms with Crippen LogP contribution in [0.3, 0.4) is 0 Å². The summed E-state index contributed by atoms with van der Waals surface area (Å²) in [6.07, 6.45) is -1.10. The lowest BCUT2D eigenvalue weighted by Crippen LogP contribution is -2.56. The van der Waals surface area contributed by atoms with E-state index in [1.165, 1.54) is 30.3 Å². The fourth-order valence-electron chi connectivity index (χ4n) is 7.51. The summed E-state index contributed by atoms with van der Waals surface area (Å²) in [5.41, 5.74) is 11.3. The second-order valence-electron chi connectivity index (χ2n) is 15.8. The average molecular weight is 1320 g/mol. The van der Waals surface area contributed by atoms with E-state index in [0.29, 0.717) is 61.0 Å². The number of esters is 2. The molecule has 1 unspecified atom stereocenters. The van der Waals surface area contributed by atoms with Gasteiger partial charge in [0.25, 0.3) is 0 Å². The van der Waals surface area contributed by atoms with Crippen LogP contribution >= 0.6 is 90.4 Å². The van der Waals surface area contributed by atoms with Gasteiger partial charge in [-0.15, -0.1) is 0 Å². The van der Waals surface area contributed by atoms with Gasteiger partial charge in [0.05, 0.1) is 31.6 Å². The number of carbonyl (C=O) groups excluding carboxylic acids is 3. The summed E-state index contributed by atoms with van der Waals surface area (Å²) in [5, 5.41) is 30.9. The molecule has 64 heavy (non-hydrogen) atoms. The first kappa shape index (κ1) is 47.8. The number of carboxylic acids is 1. The summed E-state index contributed by atoms with van der Waals surface area (Å²) in [5.74, 6) is -1.48. The topological polar surface area (TPSA) is 230 Å². The summed E-state index contributed by atoms with van der Waals surface area (Å²) in [6.45, 7) is 5.38. The van der Waals surface area contributed by atoms with Gasteiger partial charge in [-0.1, -0.05) is 12.1 Å². The monoisotopic (exact) mass is 1320 g/mol. The molecule has 0 bridgehead atoms. The second-order valence-corrected chi connectivity index (χ2v) is 20.5. The Balaban J connectivity index is 1.14. The van der Waals surface area contributed by atoms with Crippen LogP contribution in [0, 0.1) is 14.3 Å². The number of fused-ring (bicyclic) bond motifs is 6. The molecular formula is C45H39I4N3O12. The van der Waals surface area contributed by atoms with Crippen molar-refractivity contribution in [2.24, 2.45) is 11.5 Å². The Labute approximate surface area is 421 Å². The number of benzene rings is 5. The highest BCUT2D eigenvalue weighted by molar-refractivity contribution is 14.1. The van der Waals surface area contributed by atoms with E-state index >= 15 is 0 Å². The van der Waals surface area contributed by atoms with Crippen molar-refractivity contribution in [2.75, 3.05) is 6.54 Å². The molecule has 2 aliphatic rings. The van der Waals surface area contributed by atoms with Crippen molar-refractivity contribution >= 4 is 114 Å². The van der Waals surface area contributed by atoms with Gasteiger partial charge in [-0.05, 0) is 191 Å². The summed E-state index contributed by atoms with van der Waals surface area (Å²) >= 11 is 8.27. The van der Waals surface area contributed by atoms with Crippen LogP contribution in [0.2, 0.25) is 0 Å². The number of phenolic OH excluding ortho intramolecular Hbond substituents is 2. The standard InChI is InChI=1S/C45H39I4N3O12/c1-44(2,3)64-43(59)52(36(51)8-5-13-50)33(40(55)56)16-21-14-29(46)38(30(47)15-21)60-24-19-31(48)39(32(49)20-24)62-41(57)25-6-4-7-28-37(25)42(58)63-45(28)26-11-9-22(53)17-34(26)61-35-18-23(54)10-12-27(35)45/h4,6-7,9-12,14-15,17-20,33,36,53-54H,5,8,13,16,50-51H2,1-3H3,(H,55,56)/t33-,36?/m1/s1. The lowest BCUT2D eigenvalue weighted by molar-refractivity contribution is -0.144. The molecule has 0 fully saturated rings. The molecule has 2 aliphatic heterocycles. The molecule has 334 valence electrons. The van der Waals surface area contributed by atoms with Crippen LogP contribution in [0.5, 0.6) is 40.2 Å². The van der Waals surface area contributed by atoms with E-state index in [1.54, 1.807) is 69.3 Å². The number of carbonyl (C=O) groups is 4. The molecule has 2 atom stereocenters. The summed E-state index contributed by atoms with van der Waals surface area (Å²) in [6, 6.07) is 19.2. The smallest absolute Gasteiger partial charge is 0.412 e. The molecule has 7 rings (SSSR count). The predicted molar refractivity (Wildman–Crippen MR) is 266 cm³/mol. The largest absolute Gasteiger partial charge is 0.508 e. The van der Waals surface area contributed by atoms with Gasteiger partial charge in [0.15, 0.2) is 17.1 Å². The van der Waals surface area contributed by atoms with Crippen LogP contribution in [-0.2, 0) is 26.3 Å². The number of rotatable bonds is 12. The molecule has 2 heterocycles. The molecule has 7 N–H and O–H groups in total. The Morgan fingerprint density at radius 2 is 1.41 bits per heavy atom. The molecule has 0 saturated heterocycles. The van der Waals surface area contributed by atoms with Crippen LogP contribution in [0.25, 0.3) is 0 Å². The quantitative estimate of drug-likeness (QED) is 0.0339. The maximum Gasteiger partial charge on any atom is 0.412 e. The van der Waals surface area contributed by atoms with Crippen LogP contribution in [-0.4, -0.2) is 68.6 Å². The van der Waals surface area contributed by atoms with Gasteiger partial charge in [0, 0.05) is 35.2 Å². The molecule has 5 aromatic rings. The number of ether oxygens (including phenoxy) is 5. The van der Waals surface area contributed by atoms with Gasteiger partial charge < -0.3 is 50.5 Å². The van der Waals surface area contributed by atoms with Crippen molar-refractivity contribution < 1.29 is 58.2 Å². The minimum Gasteiger partial charge on any atom is -0.508 e. The maximum absolute atomic E-state index is 14.1. The highest BCUT2D eigenvalue weighted by Gasteiger charge is 2.55. The first-order valence-electron chi connectivity index (χ1n) is 19.5. The van der Waals surface area contributed by atoms with Crippen LogP contribution in [0.1, 0.15) is 76.6 Å². The van der Waals surface area contributed by atoms with Gasteiger partial charge in [-0.25, -0.2) is 19.2 Å². The van der Waals surface area contributed by atoms with E-state index in [2.05, 4.69) is 45.2 Å². The molecule has 1 amide bonds. The zero-order chi connectivity index (χ0) is 46.4. The highest BCUT2D eigenvalue weighted by Crippen LogP contribution is 2.57. The van der Waals surface area contributed by atoms with Gasteiger partial charge in [-0.3, -0.25) is 4.90 Å². The fourth-order valence-corrected chi connectivity index (χ4v) is 11.6. The molecule has 5 aromatic carbocycles. The van der Waals surface area contributed by atoms with E-state index in [9.17, 15) is 34.5 Å². The van der Waals surface area contributed by atoms with Crippen LogP contribution in [0.4, 0.5) is 4.79 Å². The minimum atomic E-state index is -1.57. The third kappa shape index (κ3) is 9.55. The SMILES string of the molecule is CC(C)(C)OC(=O)N(C(N)CCCN)[C@H](Cc1cc(I)c(Oc2cc(I)c(OC(=O)c3cccc4c3C(=O)OC43c4ccc(O)cc4Oc4cc(O)ccc43)c(I)c2)c(I)c1)C(=O)O. The Kier molecular flexibility index (Phi) is 14.2. The van der Waals surface area contributed by atoms with Crippen molar-refractivity contribution in [3.05, 3.63) is 127 Å². The van der Waals surface area contributed by atoms with E-state index in [-0.39, 0.29) is 52.7 Å². The summed E-state index contributed by atoms with van der Waals surface area (Å²) in [7, 11) is 0. The molecule has 19 heteroatoms. The molecule has 1 spiro atoms. The van der Waals surface area contributed by atoms with Crippen LogP contribution in [0.15, 0.2) is 78.9 Å². The summed E-state index contributed by atoms with van der Waals surface area (Å²) < 4.78 is 32.5. The first-order chi connectivity index (χ1) is 30.2. The van der Waals surface area contributed by atoms with Crippen molar-refractivity contribution in [3.63, 3.8) is 0 Å². The number of carboxylic acid groups (broad SMARTS) is 1. The molecule has 0 aliphatic carbocycles. The Morgan fingerprint density at radius 3 is 1.95 bits per heavy atom. The number of aliphatic carboxylic acids is 1. The van der Waals surface area contributed by atoms with Crippen molar-refractivity contribution in [2.45, 2.75) is 63.4 Å². The van der Waals surface area contributed by atoms with E-state index < -0.39 is 47.4 Å². The number of nitrogens with two attached hydrogens (primary N) is 2. The highest BCUT2D eigenvalue weighted by atomic mass is 127. The third-order valence-electron chi connectivity index (χ3n) is 10.2. The molecule has 0 saturated carbocycles. The van der Waals surface area contributed by atoms with Crippen molar-refractivity contribution in [1.29, 1.82) is 0 Å². The van der Waals surface area contributed by atoms with Gasteiger partial charge in [-0.2, -0.15) is 0 Å². The fraction of sp³-hybridized carbons (Fsp3) is 0.244. The van der Waals surface area contributed by atoms with Gasteiger partial charge >= 0.3 is 24.0 Å². The van der Waals surface area contributed by atoms with E-state index in [0.717, 1.165) is 4.90 Å². The zero-order valence-electron chi connectivity index (χ0n) is 34.1. The predicted octanol–water partition coefficient (Wildman–Crippen LogP) is 9.35. The minimum absolute atomic E-state index is 0.00770. The second kappa shape index (κ2) is 19.0. The average Bonchev–Trinajstić information content (AvgIpc) is 3.50. The lowest BCUT2D eigenvalue weighted by Gasteiger charge is -2.36. The maximum atomic E-state index is 14.1. The molecule has 0 aromatic heterocycles. The Morgan fingerprint density at radius 1 is 0.828 bits per heavy atom. The number of halogens is 4. The Bertz CT molecular complexity index is 2630. The zero-order valence-corrected chi connectivity index (χ0v) is 42.7. The Hall–Kier alpha value is -4.18. The molecule has 0 radical (unpaired) electrons. The van der Waals surface area contributed by atoms with E-state index in [1.807, 2.05) is 45.2 Å². The van der Waals surface area contributed by atoms with Crippen molar-refractivity contribution in [3.8, 4) is 40.2 Å².